The van der Waals surface area contributed by atoms with E-state index >= 15 is 0 Å². The lowest BCUT2D eigenvalue weighted by Crippen LogP contribution is -2.29. The molecule has 1 aliphatic rings. The number of halogens is 2. The van der Waals surface area contributed by atoms with Crippen LogP contribution in [-0.4, -0.2) is 23.4 Å². The lowest BCUT2D eigenvalue weighted by molar-refractivity contribution is -0.132. The van der Waals surface area contributed by atoms with E-state index in [0.29, 0.717) is 39.2 Å². The summed E-state index contributed by atoms with van der Waals surface area (Å²) in [5.41, 5.74) is 2.34. The van der Waals surface area contributed by atoms with Crippen LogP contribution in [0.25, 0.3) is 5.76 Å². The van der Waals surface area contributed by atoms with Crippen molar-refractivity contribution in [2.24, 2.45) is 0 Å². The molecule has 7 heteroatoms. The number of aliphatic hydroxyl groups is 1. The summed E-state index contributed by atoms with van der Waals surface area (Å²) < 4.78 is 5.46. The van der Waals surface area contributed by atoms with Gasteiger partial charge in [0.25, 0.3) is 11.7 Å². The number of ketones is 1. The number of hydrogen-bond donors (Lipinski definition) is 1. The summed E-state index contributed by atoms with van der Waals surface area (Å²) in [6, 6.07) is 18.0. The number of rotatable bonds is 5. The van der Waals surface area contributed by atoms with Crippen molar-refractivity contribution in [2.75, 3.05) is 11.5 Å². The normalized spacial score (nSPS) is 17.5. The van der Waals surface area contributed by atoms with Crippen molar-refractivity contribution < 1.29 is 19.4 Å². The largest absolute Gasteiger partial charge is 0.507 e. The summed E-state index contributed by atoms with van der Waals surface area (Å²) in [5, 5.41) is 11.9. The van der Waals surface area contributed by atoms with Gasteiger partial charge in [0, 0.05) is 21.3 Å². The monoisotopic (exact) mass is 481 g/mol. The Balaban J connectivity index is 1.93. The molecule has 1 heterocycles. The van der Waals surface area contributed by atoms with E-state index in [1.807, 2.05) is 38.1 Å². The Morgan fingerprint density at radius 3 is 2.24 bits per heavy atom. The summed E-state index contributed by atoms with van der Waals surface area (Å²) >= 11 is 12.4. The lowest BCUT2D eigenvalue weighted by Gasteiger charge is -2.27. The van der Waals surface area contributed by atoms with Gasteiger partial charge in [0.1, 0.15) is 11.5 Å². The average molecular weight is 482 g/mol. The average Bonchev–Trinajstić information content (AvgIpc) is 3.04. The first kappa shape index (κ1) is 22.9. The van der Waals surface area contributed by atoms with Gasteiger partial charge in [-0.15, -0.1) is 0 Å². The second-order valence-corrected chi connectivity index (χ2v) is 8.48. The highest BCUT2D eigenvalue weighted by molar-refractivity contribution is 6.52. The highest BCUT2D eigenvalue weighted by Gasteiger charge is 2.47. The Kier molecular flexibility index (Phi) is 6.45. The molecule has 3 aromatic carbocycles. The van der Waals surface area contributed by atoms with Crippen LogP contribution in [0.4, 0.5) is 5.69 Å². The van der Waals surface area contributed by atoms with Crippen LogP contribution < -0.4 is 9.64 Å². The molecule has 0 spiro atoms. The maximum Gasteiger partial charge on any atom is 0.300 e. The number of ether oxygens (including phenoxy) is 1. The minimum atomic E-state index is -0.854. The summed E-state index contributed by atoms with van der Waals surface area (Å²) in [6.07, 6.45) is 0. The standard InChI is InChI=1S/C26H21Cl2NO4/c1-3-33-20-10-8-16(9-11-20)24(30)22-23(21-7-5-4-6-15(21)2)29(26(32)25(22)31)19-13-17(27)12-18(28)14-19/h4-14,23,30H,3H2,1-2H3/b24-22+. The maximum absolute atomic E-state index is 13.2. The van der Waals surface area contributed by atoms with E-state index in [-0.39, 0.29) is 11.3 Å². The fourth-order valence-electron chi connectivity index (χ4n) is 4.00. The van der Waals surface area contributed by atoms with Crippen LogP contribution in [0.15, 0.2) is 72.3 Å². The molecule has 1 fully saturated rings. The van der Waals surface area contributed by atoms with Crippen LogP contribution in [0, 0.1) is 6.92 Å². The molecule has 1 aliphatic heterocycles. The molecule has 1 amide bonds. The zero-order valence-electron chi connectivity index (χ0n) is 18.0. The molecule has 168 valence electrons. The molecule has 33 heavy (non-hydrogen) atoms. The molecule has 4 rings (SSSR count). The van der Waals surface area contributed by atoms with Gasteiger partial charge in [-0.25, -0.2) is 0 Å². The number of Topliss-reactive ketones (excluding diaryl/α,β-unsaturated/α-hetero) is 1. The SMILES string of the molecule is CCOc1ccc(/C(O)=C2\C(=O)C(=O)N(c3cc(Cl)cc(Cl)c3)C2c2ccccc2C)cc1. The van der Waals surface area contributed by atoms with Gasteiger partial charge in [0.15, 0.2) is 0 Å². The van der Waals surface area contributed by atoms with Gasteiger partial charge in [0.05, 0.1) is 18.2 Å². The van der Waals surface area contributed by atoms with Gasteiger partial charge in [-0.05, 0) is 67.4 Å². The Labute approximate surface area is 201 Å². The molecule has 0 radical (unpaired) electrons. The van der Waals surface area contributed by atoms with Crippen molar-refractivity contribution in [2.45, 2.75) is 19.9 Å². The van der Waals surface area contributed by atoms with Crippen LogP contribution in [0.2, 0.25) is 10.0 Å². The van der Waals surface area contributed by atoms with Crippen molar-refractivity contribution in [3.05, 3.63) is 99.0 Å². The summed E-state index contributed by atoms with van der Waals surface area (Å²) in [5.74, 6) is -1.18. The molecular formula is C26H21Cl2NO4. The molecule has 1 atom stereocenters. The number of benzene rings is 3. The van der Waals surface area contributed by atoms with Crippen molar-refractivity contribution in [3.8, 4) is 5.75 Å². The van der Waals surface area contributed by atoms with Gasteiger partial charge in [-0.1, -0.05) is 47.5 Å². The van der Waals surface area contributed by atoms with Crippen LogP contribution in [0.5, 0.6) is 5.75 Å². The van der Waals surface area contributed by atoms with Gasteiger partial charge >= 0.3 is 0 Å². The van der Waals surface area contributed by atoms with Crippen LogP contribution in [-0.2, 0) is 9.59 Å². The topological polar surface area (TPSA) is 66.8 Å². The van der Waals surface area contributed by atoms with E-state index < -0.39 is 17.7 Å². The zero-order chi connectivity index (χ0) is 23.7. The number of anilines is 1. The first-order valence-electron chi connectivity index (χ1n) is 10.4. The highest BCUT2D eigenvalue weighted by atomic mass is 35.5. The Bertz CT molecular complexity index is 1250. The highest BCUT2D eigenvalue weighted by Crippen LogP contribution is 2.44. The second-order valence-electron chi connectivity index (χ2n) is 7.61. The molecule has 0 aromatic heterocycles. The van der Waals surface area contributed by atoms with Crippen LogP contribution >= 0.6 is 23.2 Å². The third-order valence-corrected chi connectivity index (χ3v) is 5.93. The summed E-state index contributed by atoms with van der Waals surface area (Å²) in [6.45, 7) is 4.27. The van der Waals surface area contributed by atoms with Crippen molar-refractivity contribution in [1.29, 1.82) is 0 Å². The molecular weight excluding hydrogens is 461 g/mol. The zero-order valence-corrected chi connectivity index (χ0v) is 19.5. The molecule has 3 aromatic rings. The Hall–Kier alpha value is -3.28. The number of aliphatic hydroxyl groups excluding tert-OH is 1. The van der Waals surface area contributed by atoms with Crippen LogP contribution in [0.1, 0.15) is 29.7 Å². The molecule has 1 unspecified atom stereocenters. The van der Waals surface area contributed by atoms with Gasteiger partial charge < -0.3 is 9.84 Å². The third-order valence-electron chi connectivity index (χ3n) is 5.49. The number of nitrogens with zero attached hydrogens (tertiary/aromatic N) is 1. The second kappa shape index (κ2) is 9.30. The molecule has 0 aliphatic carbocycles. The molecule has 0 saturated carbocycles. The minimum absolute atomic E-state index is 0.00504. The van der Waals surface area contributed by atoms with Crippen molar-refractivity contribution >= 4 is 46.3 Å². The van der Waals surface area contributed by atoms with E-state index in [1.165, 1.54) is 4.90 Å². The van der Waals surface area contributed by atoms with E-state index in [9.17, 15) is 14.7 Å². The van der Waals surface area contributed by atoms with E-state index in [4.69, 9.17) is 27.9 Å². The first-order chi connectivity index (χ1) is 15.8. The Morgan fingerprint density at radius 1 is 1.00 bits per heavy atom. The lowest BCUT2D eigenvalue weighted by atomic mass is 9.92. The van der Waals surface area contributed by atoms with Crippen molar-refractivity contribution in [3.63, 3.8) is 0 Å². The predicted molar refractivity (Wildman–Crippen MR) is 130 cm³/mol. The quantitative estimate of drug-likeness (QED) is 0.262. The number of carbonyl (C=O) groups excluding carboxylic acids is 2. The smallest absolute Gasteiger partial charge is 0.300 e. The van der Waals surface area contributed by atoms with Gasteiger partial charge in [0.2, 0.25) is 0 Å². The first-order valence-corrected chi connectivity index (χ1v) is 11.1. The number of aryl methyl sites for hydroxylation is 1. The number of carbonyl (C=O) groups is 2. The van der Waals surface area contributed by atoms with Gasteiger partial charge in [-0.2, -0.15) is 0 Å². The molecule has 0 bridgehead atoms. The van der Waals surface area contributed by atoms with E-state index in [1.54, 1.807) is 42.5 Å². The van der Waals surface area contributed by atoms with E-state index in [2.05, 4.69) is 0 Å². The number of amides is 1. The third kappa shape index (κ3) is 4.34. The fraction of sp³-hybridized carbons (Fsp3) is 0.154. The molecule has 1 N–H and O–H groups in total. The number of hydrogen-bond acceptors (Lipinski definition) is 4. The summed E-state index contributed by atoms with van der Waals surface area (Å²) in [7, 11) is 0. The van der Waals surface area contributed by atoms with Gasteiger partial charge in [-0.3, -0.25) is 14.5 Å². The Morgan fingerprint density at radius 2 is 1.64 bits per heavy atom. The minimum Gasteiger partial charge on any atom is -0.507 e. The van der Waals surface area contributed by atoms with Crippen LogP contribution in [0.3, 0.4) is 0 Å². The fourth-order valence-corrected chi connectivity index (χ4v) is 4.51. The predicted octanol–water partition coefficient (Wildman–Crippen LogP) is 6.33. The summed E-state index contributed by atoms with van der Waals surface area (Å²) in [4.78, 5) is 27.8. The van der Waals surface area contributed by atoms with E-state index in [0.717, 1.165) is 5.56 Å². The molecule has 5 nitrogen and oxygen atoms in total. The molecule has 1 saturated heterocycles. The maximum atomic E-state index is 13.2. The van der Waals surface area contributed by atoms with Crippen molar-refractivity contribution in [1.82, 2.24) is 0 Å².